The van der Waals surface area contributed by atoms with E-state index in [0.29, 0.717) is 12.6 Å². The highest BCUT2D eigenvalue weighted by atomic mass is 19.1. The number of benzene rings is 1. The molecule has 1 aliphatic heterocycles. The molecule has 1 N–H and O–H groups in total. The molecule has 0 unspecified atom stereocenters. The summed E-state index contributed by atoms with van der Waals surface area (Å²) in [6, 6.07) is 2.72. The Hall–Kier alpha value is -1.69. The number of hydrogen-bond donors (Lipinski definition) is 1. The standard InChI is InChI=1S/C13H15F2NO3/c14-9-3-4-12(11(15)6-9)19-8-13(18)16-5-1-2-10(16)7-17/h3-4,6,10,17H,1-2,5,7-8H2/t10-/m0/s1. The monoisotopic (exact) mass is 271 g/mol. The first-order valence-electron chi connectivity index (χ1n) is 6.10. The van der Waals surface area contributed by atoms with Gasteiger partial charge in [-0.3, -0.25) is 4.79 Å². The number of aliphatic hydroxyl groups is 1. The van der Waals surface area contributed by atoms with Crippen molar-refractivity contribution in [3.05, 3.63) is 29.8 Å². The number of carbonyl (C=O) groups is 1. The summed E-state index contributed by atoms with van der Waals surface area (Å²) >= 11 is 0. The second kappa shape index (κ2) is 5.97. The zero-order valence-electron chi connectivity index (χ0n) is 10.3. The molecule has 1 saturated heterocycles. The van der Waals surface area contributed by atoms with Crippen molar-refractivity contribution >= 4 is 5.91 Å². The number of rotatable bonds is 4. The number of carbonyl (C=O) groups excluding carboxylic acids is 1. The molecule has 2 rings (SSSR count). The summed E-state index contributed by atoms with van der Waals surface area (Å²) in [5, 5.41) is 9.11. The highest BCUT2D eigenvalue weighted by molar-refractivity contribution is 5.78. The SMILES string of the molecule is O=C(COc1ccc(F)cc1F)N1CCC[C@H]1CO. The minimum Gasteiger partial charge on any atom is -0.481 e. The van der Waals surface area contributed by atoms with Crippen LogP contribution in [0.4, 0.5) is 8.78 Å². The lowest BCUT2D eigenvalue weighted by atomic mass is 10.2. The second-order valence-electron chi connectivity index (χ2n) is 4.43. The quantitative estimate of drug-likeness (QED) is 0.898. The topological polar surface area (TPSA) is 49.8 Å². The fraction of sp³-hybridized carbons (Fsp3) is 0.462. The molecule has 1 fully saturated rings. The molecule has 1 atom stereocenters. The van der Waals surface area contributed by atoms with Crippen LogP contribution in [0.25, 0.3) is 0 Å². The molecule has 1 aromatic rings. The van der Waals surface area contributed by atoms with E-state index in [1.165, 1.54) is 4.90 Å². The number of hydrogen-bond acceptors (Lipinski definition) is 3. The van der Waals surface area contributed by atoms with Gasteiger partial charge in [-0.2, -0.15) is 0 Å². The molecule has 104 valence electrons. The highest BCUT2D eigenvalue weighted by Crippen LogP contribution is 2.19. The van der Waals surface area contributed by atoms with Gasteiger partial charge in [-0.15, -0.1) is 0 Å². The summed E-state index contributed by atoms with van der Waals surface area (Å²) in [6.45, 7) is 0.162. The molecule has 1 heterocycles. The molecular weight excluding hydrogens is 256 g/mol. The molecule has 0 aromatic heterocycles. The van der Waals surface area contributed by atoms with Gasteiger partial charge in [0, 0.05) is 12.6 Å². The molecule has 6 heteroatoms. The maximum Gasteiger partial charge on any atom is 0.260 e. The van der Waals surface area contributed by atoms with Crippen molar-refractivity contribution < 1.29 is 23.4 Å². The third-order valence-corrected chi connectivity index (χ3v) is 3.15. The fourth-order valence-electron chi connectivity index (χ4n) is 2.17. The largest absolute Gasteiger partial charge is 0.481 e. The zero-order valence-corrected chi connectivity index (χ0v) is 10.3. The zero-order chi connectivity index (χ0) is 13.8. The van der Waals surface area contributed by atoms with Crippen LogP contribution >= 0.6 is 0 Å². The van der Waals surface area contributed by atoms with Gasteiger partial charge < -0.3 is 14.7 Å². The maximum absolute atomic E-state index is 13.3. The molecule has 0 spiro atoms. The molecule has 0 bridgehead atoms. The molecule has 0 radical (unpaired) electrons. The van der Waals surface area contributed by atoms with Crippen LogP contribution in [0.1, 0.15) is 12.8 Å². The molecule has 0 aliphatic carbocycles. The van der Waals surface area contributed by atoms with E-state index in [1.807, 2.05) is 0 Å². The summed E-state index contributed by atoms with van der Waals surface area (Å²) in [4.78, 5) is 13.4. The molecular formula is C13H15F2NO3. The number of nitrogens with zero attached hydrogens (tertiary/aromatic N) is 1. The Morgan fingerprint density at radius 1 is 1.47 bits per heavy atom. The van der Waals surface area contributed by atoms with Gasteiger partial charge in [0.1, 0.15) is 5.82 Å². The number of halogens is 2. The molecule has 1 amide bonds. The van der Waals surface area contributed by atoms with E-state index in [-0.39, 0.29) is 30.9 Å². The van der Waals surface area contributed by atoms with E-state index in [4.69, 9.17) is 9.84 Å². The first-order chi connectivity index (χ1) is 9.11. The summed E-state index contributed by atoms with van der Waals surface area (Å²) in [5.41, 5.74) is 0. The first-order valence-corrected chi connectivity index (χ1v) is 6.10. The van der Waals surface area contributed by atoms with Gasteiger partial charge in [0.15, 0.2) is 18.2 Å². The van der Waals surface area contributed by atoms with Gasteiger partial charge in [-0.25, -0.2) is 8.78 Å². The smallest absolute Gasteiger partial charge is 0.260 e. The highest BCUT2D eigenvalue weighted by Gasteiger charge is 2.28. The van der Waals surface area contributed by atoms with E-state index in [9.17, 15) is 13.6 Å². The van der Waals surface area contributed by atoms with Crippen LogP contribution in [-0.4, -0.2) is 41.7 Å². The van der Waals surface area contributed by atoms with E-state index in [1.54, 1.807) is 0 Å². The van der Waals surface area contributed by atoms with Crippen LogP contribution in [0.3, 0.4) is 0 Å². The Kier molecular flexibility index (Phi) is 4.31. The molecule has 1 aromatic carbocycles. The summed E-state index contributed by atoms with van der Waals surface area (Å²) < 4.78 is 31.0. The van der Waals surface area contributed by atoms with Crippen LogP contribution in [0, 0.1) is 11.6 Å². The number of likely N-dealkylation sites (tertiary alicyclic amines) is 1. The first kappa shape index (κ1) is 13.7. The van der Waals surface area contributed by atoms with Crippen LogP contribution in [0.2, 0.25) is 0 Å². The second-order valence-corrected chi connectivity index (χ2v) is 4.43. The van der Waals surface area contributed by atoms with E-state index < -0.39 is 11.6 Å². The van der Waals surface area contributed by atoms with Crippen LogP contribution in [0.5, 0.6) is 5.75 Å². The fourth-order valence-corrected chi connectivity index (χ4v) is 2.17. The Morgan fingerprint density at radius 3 is 2.95 bits per heavy atom. The van der Waals surface area contributed by atoms with Gasteiger partial charge in [0.25, 0.3) is 5.91 Å². The molecule has 0 saturated carbocycles. The third kappa shape index (κ3) is 3.20. The predicted molar refractivity (Wildman–Crippen MR) is 63.7 cm³/mol. The lowest BCUT2D eigenvalue weighted by Crippen LogP contribution is -2.40. The predicted octanol–water partition coefficient (Wildman–Crippen LogP) is 1.33. The van der Waals surface area contributed by atoms with Crippen molar-refractivity contribution in [2.24, 2.45) is 0 Å². The Balaban J connectivity index is 1.93. The number of ether oxygens (including phenoxy) is 1. The third-order valence-electron chi connectivity index (χ3n) is 3.15. The summed E-state index contributed by atoms with van der Waals surface area (Å²) in [6.07, 6.45) is 1.59. The van der Waals surface area contributed by atoms with Gasteiger partial charge in [0.2, 0.25) is 0 Å². The molecule has 4 nitrogen and oxygen atoms in total. The Labute approximate surface area is 109 Å². The maximum atomic E-state index is 13.3. The van der Waals surface area contributed by atoms with Crippen molar-refractivity contribution in [2.45, 2.75) is 18.9 Å². The van der Waals surface area contributed by atoms with Crippen molar-refractivity contribution in [2.75, 3.05) is 19.8 Å². The van der Waals surface area contributed by atoms with Crippen molar-refractivity contribution in [1.82, 2.24) is 4.90 Å². The van der Waals surface area contributed by atoms with Gasteiger partial charge >= 0.3 is 0 Å². The summed E-state index contributed by atoms with van der Waals surface area (Å²) in [5.74, 6) is -2.00. The molecule has 19 heavy (non-hydrogen) atoms. The van der Waals surface area contributed by atoms with Crippen LogP contribution in [-0.2, 0) is 4.79 Å². The van der Waals surface area contributed by atoms with Gasteiger partial charge in [-0.1, -0.05) is 0 Å². The minimum atomic E-state index is -0.840. The van der Waals surface area contributed by atoms with E-state index in [0.717, 1.165) is 25.0 Å². The number of amides is 1. The lowest BCUT2D eigenvalue weighted by molar-refractivity contribution is -0.134. The lowest BCUT2D eigenvalue weighted by Gasteiger charge is -2.22. The van der Waals surface area contributed by atoms with Crippen molar-refractivity contribution in [3.63, 3.8) is 0 Å². The number of aliphatic hydroxyl groups excluding tert-OH is 1. The van der Waals surface area contributed by atoms with E-state index in [2.05, 4.69) is 0 Å². The van der Waals surface area contributed by atoms with Crippen molar-refractivity contribution in [3.8, 4) is 5.75 Å². The Morgan fingerprint density at radius 2 is 2.26 bits per heavy atom. The summed E-state index contributed by atoms with van der Waals surface area (Å²) in [7, 11) is 0. The van der Waals surface area contributed by atoms with Gasteiger partial charge in [-0.05, 0) is 25.0 Å². The van der Waals surface area contributed by atoms with Crippen LogP contribution in [0.15, 0.2) is 18.2 Å². The Bertz CT molecular complexity index is 467. The van der Waals surface area contributed by atoms with Crippen molar-refractivity contribution in [1.29, 1.82) is 0 Å². The minimum absolute atomic E-state index is 0.0867. The van der Waals surface area contributed by atoms with Gasteiger partial charge in [0.05, 0.1) is 12.6 Å². The molecule has 1 aliphatic rings. The van der Waals surface area contributed by atoms with E-state index >= 15 is 0 Å². The normalized spacial score (nSPS) is 18.7. The average Bonchev–Trinajstić information content (AvgIpc) is 2.85. The van der Waals surface area contributed by atoms with Crippen LogP contribution < -0.4 is 4.74 Å². The average molecular weight is 271 g/mol.